The summed E-state index contributed by atoms with van der Waals surface area (Å²) in [5.41, 5.74) is 0. The number of hydrogen-bond acceptors (Lipinski definition) is 3. The highest BCUT2D eigenvalue weighted by Gasteiger charge is 1.89. The molecule has 0 amide bonds. The van der Waals surface area contributed by atoms with E-state index in [4.69, 9.17) is 5.11 Å². The van der Waals surface area contributed by atoms with Crippen molar-refractivity contribution in [1.29, 1.82) is 0 Å². The van der Waals surface area contributed by atoms with Gasteiger partial charge in [0, 0.05) is 0 Å². The predicted octanol–water partition coefficient (Wildman–Crippen LogP) is 0.447. The van der Waals surface area contributed by atoms with Crippen LogP contribution in [0.1, 0.15) is 6.92 Å². The molecule has 0 spiro atoms. The fraction of sp³-hybridized carbons (Fsp3) is 1.00. The highest BCUT2D eigenvalue weighted by Crippen LogP contribution is 2.17. The van der Waals surface area contributed by atoms with Crippen LogP contribution in [0, 0.1) is 0 Å². The number of aliphatic hydroxyl groups is 1. The smallest absolute Gasteiger partial charge is 0.216 e. The Morgan fingerprint density at radius 2 is 2.43 bits per heavy atom. The molecule has 0 aliphatic rings. The molecule has 0 aromatic carbocycles. The Bertz CT molecular complexity index is 63.2. The summed E-state index contributed by atoms with van der Waals surface area (Å²) in [4.78, 5) is 0. The van der Waals surface area contributed by atoms with E-state index in [1.54, 1.807) is 6.92 Å². The van der Waals surface area contributed by atoms with E-state index in [1.165, 1.54) is 0 Å². The molecule has 0 rings (SSSR count). The molecule has 1 atom stereocenters. The van der Waals surface area contributed by atoms with Crippen LogP contribution >= 0.6 is 8.03 Å². The van der Waals surface area contributed by atoms with Crippen molar-refractivity contribution < 1.29 is 14.2 Å². The van der Waals surface area contributed by atoms with Gasteiger partial charge in [-0.25, -0.2) is 0 Å². The lowest BCUT2D eigenvalue weighted by Crippen LogP contribution is -1.79. The zero-order valence-electron chi connectivity index (χ0n) is 4.18. The Morgan fingerprint density at radius 3 is 2.57 bits per heavy atom. The first-order valence-electron chi connectivity index (χ1n) is 2.07. The van der Waals surface area contributed by atoms with E-state index >= 15 is 0 Å². The molecule has 0 aliphatic heterocycles. The summed E-state index contributed by atoms with van der Waals surface area (Å²) < 4.78 is 14.6. The molecule has 3 nitrogen and oxygen atoms in total. The van der Waals surface area contributed by atoms with E-state index in [-0.39, 0.29) is 6.35 Å². The van der Waals surface area contributed by atoms with Crippen LogP contribution in [0.25, 0.3) is 0 Å². The third kappa shape index (κ3) is 3.99. The van der Waals surface area contributed by atoms with E-state index in [2.05, 4.69) is 4.52 Å². The Balaban J connectivity index is 3.00. The monoisotopic (exact) mass is 124 g/mol. The highest BCUT2D eigenvalue weighted by atomic mass is 31.1. The van der Waals surface area contributed by atoms with Crippen molar-refractivity contribution in [3.63, 3.8) is 0 Å². The van der Waals surface area contributed by atoms with Crippen LogP contribution in [0.3, 0.4) is 0 Å². The minimum Gasteiger partial charge on any atom is -0.387 e. The lowest BCUT2D eigenvalue weighted by Gasteiger charge is -1.92. The highest BCUT2D eigenvalue weighted by molar-refractivity contribution is 7.38. The van der Waals surface area contributed by atoms with Gasteiger partial charge in [0.2, 0.25) is 8.03 Å². The molecule has 0 bridgehead atoms. The molecule has 44 valence electrons. The first-order chi connectivity index (χ1) is 3.31. The van der Waals surface area contributed by atoms with Crippen molar-refractivity contribution in [2.45, 2.75) is 6.92 Å². The second kappa shape index (κ2) is 4.31. The van der Waals surface area contributed by atoms with E-state index in [0.29, 0.717) is 6.61 Å². The van der Waals surface area contributed by atoms with E-state index in [9.17, 15) is 4.57 Å². The number of aliphatic hydroxyl groups excluding tert-OH is 1. The van der Waals surface area contributed by atoms with Crippen LogP contribution in [0.4, 0.5) is 0 Å². The molecule has 7 heavy (non-hydrogen) atoms. The van der Waals surface area contributed by atoms with Gasteiger partial charge in [-0.2, -0.15) is 0 Å². The first kappa shape index (κ1) is 7.15. The molecule has 0 aromatic rings. The molecule has 0 fully saturated rings. The van der Waals surface area contributed by atoms with Crippen LogP contribution in [0.5, 0.6) is 0 Å². The lowest BCUT2D eigenvalue weighted by molar-refractivity contribution is 0.300. The summed E-state index contributed by atoms with van der Waals surface area (Å²) in [5, 5.41) is 8.07. The molecule has 1 unspecified atom stereocenters. The van der Waals surface area contributed by atoms with Crippen LogP contribution in [0.2, 0.25) is 0 Å². The summed E-state index contributed by atoms with van der Waals surface area (Å²) in [7, 11) is -2.07. The summed E-state index contributed by atoms with van der Waals surface area (Å²) in [6.45, 7) is 2.15. The molecule has 1 N–H and O–H groups in total. The Kier molecular flexibility index (Phi) is 4.41. The zero-order chi connectivity index (χ0) is 5.70. The van der Waals surface area contributed by atoms with Crippen LogP contribution < -0.4 is 0 Å². The molecule has 0 saturated heterocycles. The number of rotatable bonds is 3. The average molecular weight is 124 g/mol. The van der Waals surface area contributed by atoms with Crippen molar-refractivity contribution in [2.24, 2.45) is 0 Å². The quantitative estimate of drug-likeness (QED) is 0.555. The topological polar surface area (TPSA) is 46.5 Å². The zero-order valence-corrected chi connectivity index (χ0v) is 5.18. The summed E-state index contributed by atoms with van der Waals surface area (Å²) >= 11 is 0. The lowest BCUT2D eigenvalue weighted by atomic mass is 10.9. The van der Waals surface area contributed by atoms with Gasteiger partial charge in [-0.05, 0) is 6.92 Å². The standard InChI is InChI=1S/C3H9O3P/c1-2-6-7(5)3-4/h4,7H,2-3H2,1H3. The van der Waals surface area contributed by atoms with Crippen LogP contribution in [-0.2, 0) is 9.09 Å². The maximum atomic E-state index is 10.1. The summed E-state index contributed by atoms with van der Waals surface area (Å²) in [6.07, 6.45) is -0.335. The van der Waals surface area contributed by atoms with Crippen LogP contribution in [-0.4, -0.2) is 18.1 Å². The molecule has 0 saturated carbocycles. The molecular weight excluding hydrogens is 115 g/mol. The Hall–Kier alpha value is 0.150. The molecule has 0 radical (unpaired) electrons. The SMILES string of the molecule is CCO[PH](=O)CO. The fourth-order valence-electron chi connectivity index (χ4n) is 0.207. The third-order valence-corrected chi connectivity index (χ3v) is 1.30. The molecule has 4 heteroatoms. The minimum atomic E-state index is -2.07. The van der Waals surface area contributed by atoms with Crippen molar-refractivity contribution in [3.05, 3.63) is 0 Å². The van der Waals surface area contributed by atoms with E-state index < -0.39 is 8.03 Å². The Labute approximate surface area is 43.2 Å². The van der Waals surface area contributed by atoms with E-state index in [0.717, 1.165) is 0 Å². The second-order valence-corrected chi connectivity index (χ2v) is 2.31. The van der Waals surface area contributed by atoms with Crippen molar-refractivity contribution in [1.82, 2.24) is 0 Å². The van der Waals surface area contributed by atoms with Crippen molar-refractivity contribution >= 4 is 8.03 Å². The van der Waals surface area contributed by atoms with Gasteiger partial charge in [0.05, 0.1) is 6.61 Å². The molecule has 0 heterocycles. The number of hydrogen-bond donors (Lipinski definition) is 1. The average Bonchev–Trinajstić information content (AvgIpc) is 1.68. The van der Waals surface area contributed by atoms with Crippen LogP contribution in [0.15, 0.2) is 0 Å². The first-order valence-corrected chi connectivity index (χ1v) is 3.60. The van der Waals surface area contributed by atoms with Gasteiger partial charge in [0.25, 0.3) is 0 Å². The summed E-state index contributed by atoms with van der Waals surface area (Å²) in [5.74, 6) is 0. The maximum Gasteiger partial charge on any atom is 0.216 e. The van der Waals surface area contributed by atoms with Gasteiger partial charge in [-0.15, -0.1) is 0 Å². The third-order valence-electron chi connectivity index (χ3n) is 0.434. The van der Waals surface area contributed by atoms with Gasteiger partial charge in [0.1, 0.15) is 6.35 Å². The normalized spacial score (nSPS) is 14.0. The largest absolute Gasteiger partial charge is 0.387 e. The fourth-order valence-corrected chi connectivity index (χ4v) is 0.620. The summed E-state index contributed by atoms with van der Waals surface area (Å²) in [6, 6.07) is 0. The predicted molar refractivity (Wildman–Crippen MR) is 27.7 cm³/mol. The Morgan fingerprint density at radius 1 is 1.86 bits per heavy atom. The molecule has 0 aromatic heterocycles. The van der Waals surface area contributed by atoms with Gasteiger partial charge in [0.15, 0.2) is 0 Å². The second-order valence-electron chi connectivity index (χ2n) is 0.963. The van der Waals surface area contributed by atoms with Gasteiger partial charge in [-0.3, -0.25) is 4.57 Å². The maximum absolute atomic E-state index is 10.1. The van der Waals surface area contributed by atoms with Gasteiger partial charge < -0.3 is 9.63 Å². The van der Waals surface area contributed by atoms with E-state index in [1.807, 2.05) is 0 Å². The van der Waals surface area contributed by atoms with Gasteiger partial charge >= 0.3 is 0 Å². The molecule has 0 aliphatic carbocycles. The minimum absolute atomic E-state index is 0.335. The van der Waals surface area contributed by atoms with Crippen molar-refractivity contribution in [3.8, 4) is 0 Å². The van der Waals surface area contributed by atoms with Gasteiger partial charge in [-0.1, -0.05) is 0 Å². The van der Waals surface area contributed by atoms with Crippen molar-refractivity contribution in [2.75, 3.05) is 13.0 Å². The molecular formula is C3H9O3P.